The molecule has 1 aliphatic heterocycles. The number of unbranched alkanes of at least 4 members (excludes halogenated alkanes) is 1. The van der Waals surface area contributed by atoms with E-state index < -0.39 is 49.1 Å². The summed E-state index contributed by atoms with van der Waals surface area (Å²) >= 11 is 0. The molecule has 11 nitrogen and oxygen atoms in total. The Bertz CT molecular complexity index is 543. The molecule has 0 aromatic rings. The van der Waals surface area contributed by atoms with E-state index in [4.69, 9.17) is 21.7 Å². The highest BCUT2D eigenvalue weighted by Crippen LogP contribution is 2.19. The zero-order chi connectivity index (χ0) is 20.4. The molecule has 1 rings (SSSR count). The molecule has 0 bridgehead atoms. The number of nitrogens with zero attached hydrogens (tertiary/aromatic N) is 1. The van der Waals surface area contributed by atoms with E-state index in [1.807, 2.05) is 0 Å². The van der Waals surface area contributed by atoms with Crippen LogP contribution in [0.1, 0.15) is 32.1 Å². The van der Waals surface area contributed by atoms with Crippen LogP contribution in [0.4, 0.5) is 0 Å². The lowest BCUT2D eigenvalue weighted by molar-refractivity contribution is -0.143. The quantitative estimate of drug-likeness (QED) is 0.204. The summed E-state index contributed by atoms with van der Waals surface area (Å²) in [6, 6.07) is -2.85. The Morgan fingerprint density at radius 3 is 2.52 bits per heavy atom. The lowest BCUT2D eigenvalue weighted by Gasteiger charge is -2.26. The molecule has 1 fully saturated rings. The highest BCUT2D eigenvalue weighted by molar-refractivity contribution is 5.93. The molecule has 0 aromatic carbocycles. The van der Waals surface area contributed by atoms with Gasteiger partial charge in [0.25, 0.3) is 0 Å². The summed E-state index contributed by atoms with van der Waals surface area (Å²) in [7, 11) is 0. The fourth-order valence-electron chi connectivity index (χ4n) is 2.86. The minimum Gasteiger partial charge on any atom is -0.480 e. The Labute approximate surface area is 157 Å². The average molecular weight is 387 g/mol. The summed E-state index contributed by atoms with van der Waals surface area (Å²) in [5.41, 5.74) is 11.3. The first-order valence-corrected chi connectivity index (χ1v) is 8.98. The van der Waals surface area contributed by atoms with Crippen molar-refractivity contribution in [2.75, 3.05) is 26.2 Å². The van der Waals surface area contributed by atoms with Crippen LogP contribution in [0.15, 0.2) is 0 Å². The molecule has 1 heterocycles. The lowest BCUT2D eigenvalue weighted by atomic mass is 10.1. The monoisotopic (exact) mass is 387 g/mol. The molecule has 3 amide bonds. The normalized spacial score (nSPS) is 18.6. The van der Waals surface area contributed by atoms with Gasteiger partial charge >= 0.3 is 5.97 Å². The molecule has 0 aromatic heterocycles. The van der Waals surface area contributed by atoms with Crippen LogP contribution in [0.2, 0.25) is 0 Å². The van der Waals surface area contributed by atoms with Gasteiger partial charge in [0, 0.05) is 6.54 Å². The number of amides is 3. The Hall–Kier alpha value is -2.24. The van der Waals surface area contributed by atoms with Crippen molar-refractivity contribution in [2.45, 2.75) is 50.2 Å². The number of likely N-dealkylation sites (tertiary alicyclic amines) is 1. The van der Waals surface area contributed by atoms with E-state index in [9.17, 15) is 19.2 Å². The van der Waals surface area contributed by atoms with Crippen molar-refractivity contribution >= 4 is 23.7 Å². The minimum atomic E-state index is -1.44. The molecule has 3 unspecified atom stereocenters. The third-order valence-electron chi connectivity index (χ3n) is 4.36. The van der Waals surface area contributed by atoms with E-state index in [-0.39, 0.29) is 5.91 Å². The maximum Gasteiger partial charge on any atom is 0.328 e. The van der Waals surface area contributed by atoms with Gasteiger partial charge in [0.1, 0.15) is 12.1 Å². The van der Waals surface area contributed by atoms with Gasteiger partial charge in [-0.05, 0) is 32.2 Å². The third kappa shape index (κ3) is 7.12. The SMILES string of the molecule is NCCCCC(N)C(=O)N1CCCC1C(=O)NCC(=O)NC(CO)C(=O)O. The zero-order valence-corrected chi connectivity index (χ0v) is 15.2. The number of aliphatic carboxylic acids is 1. The summed E-state index contributed by atoms with van der Waals surface area (Å²) in [6.07, 6.45) is 3.09. The molecule has 0 spiro atoms. The number of hydrogen-bond acceptors (Lipinski definition) is 7. The molecule has 0 aliphatic carbocycles. The highest BCUT2D eigenvalue weighted by Gasteiger charge is 2.36. The van der Waals surface area contributed by atoms with Gasteiger partial charge in [-0.2, -0.15) is 0 Å². The maximum absolute atomic E-state index is 12.5. The zero-order valence-electron chi connectivity index (χ0n) is 15.2. The largest absolute Gasteiger partial charge is 0.480 e. The predicted molar refractivity (Wildman–Crippen MR) is 95.3 cm³/mol. The fraction of sp³-hybridized carbons (Fsp3) is 0.750. The molecule has 1 saturated heterocycles. The Morgan fingerprint density at radius 2 is 1.93 bits per heavy atom. The van der Waals surface area contributed by atoms with Crippen molar-refractivity contribution in [3.8, 4) is 0 Å². The second kappa shape index (κ2) is 11.5. The minimum absolute atomic E-state index is 0.305. The van der Waals surface area contributed by atoms with E-state index in [0.29, 0.717) is 32.4 Å². The highest BCUT2D eigenvalue weighted by atomic mass is 16.4. The Balaban J connectivity index is 2.52. The van der Waals surface area contributed by atoms with Crippen molar-refractivity contribution in [2.24, 2.45) is 11.5 Å². The first-order chi connectivity index (χ1) is 12.8. The first-order valence-electron chi connectivity index (χ1n) is 8.98. The summed E-state index contributed by atoms with van der Waals surface area (Å²) < 4.78 is 0. The topological polar surface area (TPSA) is 188 Å². The molecular weight excluding hydrogens is 358 g/mol. The maximum atomic E-state index is 12.5. The average Bonchev–Trinajstić information content (AvgIpc) is 3.13. The van der Waals surface area contributed by atoms with Crippen molar-refractivity contribution in [1.29, 1.82) is 0 Å². The van der Waals surface area contributed by atoms with Crippen LogP contribution < -0.4 is 22.1 Å². The summed E-state index contributed by atoms with van der Waals surface area (Å²) in [5.74, 6) is -2.94. The van der Waals surface area contributed by atoms with Gasteiger partial charge in [-0.25, -0.2) is 4.79 Å². The predicted octanol–water partition coefficient (Wildman–Crippen LogP) is -2.89. The molecule has 3 atom stereocenters. The number of rotatable bonds is 11. The molecule has 154 valence electrons. The van der Waals surface area contributed by atoms with Gasteiger partial charge in [-0.3, -0.25) is 14.4 Å². The van der Waals surface area contributed by atoms with E-state index >= 15 is 0 Å². The summed E-state index contributed by atoms with van der Waals surface area (Å²) in [6.45, 7) is -0.276. The van der Waals surface area contributed by atoms with Gasteiger partial charge in [-0.15, -0.1) is 0 Å². The fourth-order valence-corrected chi connectivity index (χ4v) is 2.86. The van der Waals surface area contributed by atoms with E-state index in [2.05, 4.69) is 10.6 Å². The number of aliphatic hydroxyl groups is 1. The molecule has 27 heavy (non-hydrogen) atoms. The van der Waals surface area contributed by atoms with Crippen molar-refractivity contribution in [3.63, 3.8) is 0 Å². The second-order valence-electron chi connectivity index (χ2n) is 6.44. The van der Waals surface area contributed by atoms with E-state index in [1.165, 1.54) is 4.90 Å². The Morgan fingerprint density at radius 1 is 1.22 bits per heavy atom. The van der Waals surface area contributed by atoms with Crippen molar-refractivity contribution < 1.29 is 29.4 Å². The van der Waals surface area contributed by atoms with Gasteiger partial charge < -0.3 is 37.2 Å². The van der Waals surface area contributed by atoms with Crippen molar-refractivity contribution in [3.05, 3.63) is 0 Å². The van der Waals surface area contributed by atoms with Gasteiger partial charge in [0.2, 0.25) is 17.7 Å². The molecular formula is C16H29N5O6. The summed E-state index contributed by atoms with van der Waals surface area (Å²) in [5, 5.41) is 22.1. The van der Waals surface area contributed by atoms with Crippen LogP contribution in [-0.2, 0) is 19.2 Å². The molecule has 8 N–H and O–H groups in total. The number of carboxylic acids is 1. The van der Waals surface area contributed by atoms with E-state index in [0.717, 1.165) is 12.8 Å². The number of carboxylic acid groups (broad SMARTS) is 1. The molecule has 0 saturated carbocycles. The molecule has 0 radical (unpaired) electrons. The van der Waals surface area contributed by atoms with Crippen molar-refractivity contribution in [1.82, 2.24) is 15.5 Å². The molecule has 1 aliphatic rings. The van der Waals surface area contributed by atoms with Crippen LogP contribution in [0.5, 0.6) is 0 Å². The number of aliphatic hydroxyl groups excluding tert-OH is 1. The standard InChI is InChI=1S/C16H29N5O6/c17-6-2-1-4-10(18)15(25)21-7-3-5-12(21)14(24)19-8-13(23)20-11(9-22)16(26)27/h10-12,22H,1-9,17-18H2,(H,19,24)(H,20,23)(H,26,27). The van der Waals surface area contributed by atoms with Crippen LogP contribution in [0.25, 0.3) is 0 Å². The number of hydrogen-bond donors (Lipinski definition) is 6. The van der Waals surface area contributed by atoms with E-state index in [1.54, 1.807) is 0 Å². The number of nitrogens with two attached hydrogens (primary N) is 2. The second-order valence-corrected chi connectivity index (χ2v) is 6.44. The Kier molecular flexibility index (Phi) is 9.68. The van der Waals surface area contributed by atoms with Gasteiger partial charge in [0.05, 0.1) is 19.2 Å². The number of carbonyl (C=O) groups excluding carboxylic acids is 3. The third-order valence-corrected chi connectivity index (χ3v) is 4.36. The van der Waals surface area contributed by atoms with Crippen LogP contribution in [-0.4, -0.2) is 83.2 Å². The van der Waals surface area contributed by atoms with Gasteiger partial charge in [0.15, 0.2) is 0 Å². The smallest absolute Gasteiger partial charge is 0.328 e. The molecule has 11 heteroatoms. The number of carbonyl (C=O) groups is 4. The summed E-state index contributed by atoms with van der Waals surface area (Å²) in [4.78, 5) is 48.7. The van der Waals surface area contributed by atoms with Crippen LogP contribution in [0.3, 0.4) is 0 Å². The van der Waals surface area contributed by atoms with Crippen LogP contribution in [0, 0.1) is 0 Å². The van der Waals surface area contributed by atoms with Crippen LogP contribution >= 0.6 is 0 Å². The van der Waals surface area contributed by atoms with Gasteiger partial charge in [-0.1, -0.05) is 6.42 Å². The lowest BCUT2D eigenvalue weighted by Crippen LogP contribution is -2.53. The first kappa shape index (κ1) is 22.8. The number of nitrogens with one attached hydrogen (secondary N) is 2.